The molecule has 2 aromatic carbocycles. The number of unbranched alkanes of at least 4 members (excludes halogenated alkanes) is 2. The number of amides is 3. The molecule has 1 aliphatic rings. The Morgan fingerprint density at radius 3 is 2.15 bits per heavy atom. The third kappa shape index (κ3) is 8.61. The van der Waals surface area contributed by atoms with E-state index in [1.54, 1.807) is 9.80 Å². The molecular weight excluding hydrogens is 430 g/mol. The van der Waals surface area contributed by atoms with Crippen LogP contribution in [0.3, 0.4) is 0 Å². The number of carbonyl (C=O) groups is 2. The lowest BCUT2D eigenvalue weighted by Gasteiger charge is -2.35. The molecule has 1 fully saturated rings. The number of rotatable bonds is 8. The second-order valence-electron chi connectivity index (χ2n) is 9.55. The smallest absolute Gasteiger partial charge is 0.410 e. The van der Waals surface area contributed by atoms with Crippen LogP contribution in [0.25, 0.3) is 0 Å². The molecule has 1 heterocycles. The summed E-state index contributed by atoms with van der Waals surface area (Å²) in [6.45, 7) is 8.19. The van der Waals surface area contributed by atoms with Gasteiger partial charge in [0.1, 0.15) is 11.4 Å². The minimum Gasteiger partial charge on any atom is -0.494 e. The van der Waals surface area contributed by atoms with E-state index in [4.69, 9.17) is 9.47 Å². The van der Waals surface area contributed by atoms with Crippen molar-refractivity contribution in [1.29, 1.82) is 0 Å². The first-order valence-corrected chi connectivity index (χ1v) is 12.1. The topological polar surface area (TPSA) is 71.1 Å². The first-order valence-electron chi connectivity index (χ1n) is 12.1. The predicted octanol–water partition coefficient (Wildman–Crippen LogP) is 5.56. The van der Waals surface area contributed by atoms with Crippen molar-refractivity contribution in [2.75, 3.05) is 38.1 Å². The van der Waals surface area contributed by atoms with Crippen LogP contribution in [0.2, 0.25) is 0 Å². The summed E-state index contributed by atoms with van der Waals surface area (Å²) in [5, 5.41) is 2.96. The van der Waals surface area contributed by atoms with E-state index in [1.807, 2.05) is 63.2 Å². The fourth-order valence-corrected chi connectivity index (χ4v) is 3.69. The highest BCUT2D eigenvalue weighted by Crippen LogP contribution is 2.16. The summed E-state index contributed by atoms with van der Waals surface area (Å²) in [7, 11) is 0. The SMILES string of the molecule is CC(C)(C)OC(=O)N1CCN(C(=O)Nc2ccc(CCCCCOc3ccccc3)cc2)CC1. The van der Waals surface area contributed by atoms with Gasteiger partial charge in [-0.2, -0.15) is 0 Å². The van der Waals surface area contributed by atoms with Crippen molar-refractivity contribution in [2.45, 2.75) is 52.1 Å². The van der Waals surface area contributed by atoms with Gasteiger partial charge >= 0.3 is 12.1 Å². The largest absolute Gasteiger partial charge is 0.494 e. The molecule has 184 valence electrons. The quantitative estimate of drug-likeness (QED) is 0.516. The zero-order chi connectivity index (χ0) is 24.4. The molecule has 0 aromatic heterocycles. The Labute approximate surface area is 203 Å². The van der Waals surface area contributed by atoms with Crippen molar-refractivity contribution in [1.82, 2.24) is 9.80 Å². The highest BCUT2D eigenvalue weighted by atomic mass is 16.6. The van der Waals surface area contributed by atoms with Gasteiger partial charge in [-0.15, -0.1) is 0 Å². The lowest BCUT2D eigenvalue weighted by molar-refractivity contribution is 0.0174. The number of ether oxygens (including phenoxy) is 2. The molecule has 2 aromatic rings. The Morgan fingerprint density at radius 2 is 1.50 bits per heavy atom. The van der Waals surface area contributed by atoms with Crippen LogP contribution in [-0.4, -0.2) is 60.3 Å². The molecule has 3 rings (SSSR count). The van der Waals surface area contributed by atoms with Gasteiger partial charge in [0.25, 0.3) is 0 Å². The number of benzene rings is 2. The highest BCUT2D eigenvalue weighted by molar-refractivity contribution is 5.89. The second kappa shape index (κ2) is 12.3. The number of aryl methyl sites for hydroxylation is 1. The van der Waals surface area contributed by atoms with Gasteiger partial charge in [0.2, 0.25) is 0 Å². The Bertz CT molecular complexity index is 902. The molecule has 7 nitrogen and oxygen atoms in total. The maximum absolute atomic E-state index is 12.6. The van der Waals surface area contributed by atoms with E-state index in [1.165, 1.54) is 5.56 Å². The summed E-state index contributed by atoms with van der Waals surface area (Å²) in [4.78, 5) is 28.2. The number of para-hydroxylation sites is 1. The van der Waals surface area contributed by atoms with Gasteiger partial charge in [0.05, 0.1) is 6.61 Å². The number of piperazine rings is 1. The van der Waals surface area contributed by atoms with Crippen molar-refractivity contribution < 1.29 is 19.1 Å². The molecule has 0 bridgehead atoms. The summed E-state index contributed by atoms with van der Waals surface area (Å²) in [5.74, 6) is 0.921. The zero-order valence-electron chi connectivity index (χ0n) is 20.6. The Morgan fingerprint density at radius 1 is 0.853 bits per heavy atom. The molecule has 0 saturated carbocycles. The maximum atomic E-state index is 12.6. The van der Waals surface area contributed by atoms with E-state index >= 15 is 0 Å². The van der Waals surface area contributed by atoms with E-state index in [2.05, 4.69) is 17.4 Å². The van der Waals surface area contributed by atoms with Crippen molar-refractivity contribution in [3.63, 3.8) is 0 Å². The molecule has 1 saturated heterocycles. The Kier molecular flexibility index (Phi) is 9.19. The van der Waals surface area contributed by atoms with Gasteiger partial charge in [-0.3, -0.25) is 0 Å². The Balaban J connectivity index is 1.32. The number of urea groups is 1. The van der Waals surface area contributed by atoms with Crippen LogP contribution in [0.15, 0.2) is 54.6 Å². The minimum atomic E-state index is -0.519. The van der Waals surface area contributed by atoms with Crippen LogP contribution in [0.1, 0.15) is 45.6 Å². The second-order valence-corrected chi connectivity index (χ2v) is 9.55. The van der Waals surface area contributed by atoms with E-state index in [0.29, 0.717) is 26.2 Å². The lowest BCUT2D eigenvalue weighted by Crippen LogP contribution is -2.52. The molecule has 1 aliphatic heterocycles. The number of carbonyl (C=O) groups excluding carboxylic acids is 2. The molecule has 34 heavy (non-hydrogen) atoms. The molecule has 0 radical (unpaired) electrons. The highest BCUT2D eigenvalue weighted by Gasteiger charge is 2.27. The van der Waals surface area contributed by atoms with Gasteiger partial charge in [-0.1, -0.05) is 30.3 Å². The monoisotopic (exact) mass is 467 g/mol. The third-order valence-corrected chi connectivity index (χ3v) is 5.55. The van der Waals surface area contributed by atoms with Crippen LogP contribution >= 0.6 is 0 Å². The first kappa shape index (κ1) is 25.4. The van der Waals surface area contributed by atoms with Gasteiger partial charge in [0.15, 0.2) is 0 Å². The predicted molar refractivity (Wildman–Crippen MR) is 134 cm³/mol. The summed E-state index contributed by atoms with van der Waals surface area (Å²) < 4.78 is 11.1. The fourth-order valence-electron chi connectivity index (χ4n) is 3.69. The van der Waals surface area contributed by atoms with Crippen LogP contribution < -0.4 is 10.1 Å². The molecule has 3 amide bonds. The zero-order valence-corrected chi connectivity index (χ0v) is 20.6. The number of hydrogen-bond donors (Lipinski definition) is 1. The molecule has 0 unspecified atom stereocenters. The summed E-state index contributed by atoms with van der Waals surface area (Å²) in [6, 6.07) is 17.8. The van der Waals surface area contributed by atoms with Crippen molar-refractivity contribution in [3.05, 3.63) is 60.2 Å². The van der Waals surface area contributed by atoms with E-state index in [-0.39, 0.29) is 12.1 Å². The average Bonchev–Trinajstić information content (AvgIpc) is 2.82. The van der Waals surface area contributed by atoms with Crippen molar-refractivity contribution in [3.8, 4) is 5.75 Å². The van der Waals surface area contributed by atoms with Crippen molar-refractivity contribution in [2.24, 2.45) is 0 Å². The molecule has 1 N–H and O–H groups in total. The van der Waals surface area contributed by atoms with E-state index in [0.717, 1.165) is 43.7 Å². The number of nitrogens with one attached hydrogen (secondary N) is 1. The van der Waals surface area contributed by atoms with E-state index < -0.39 is 5.60 Å². The summed E-state index contributed by atoms with van der Waals surface area (Å²) >= 11 is 0. The van der Waals surface area contributed by atoms with Crippen LogP contribution in [0.4, 0.5) is 15.3 Å². The van der Waals surface area contributed by atoms with E-state index in [9.17, 15) is 9.59 Å². The van der Waals surface area contributed by atoms with Gasteiger partial charge < -0.3 is 24.6 Å². The summed E-state index contributed by atoms with van der Waals surface area (Å²) in [5.41, 5.74) is 1.52. The van der Waals surface area contributed by atoms with Gasteiger partial charge in [-0.05, 0) is 76.3 Å². The minimum absolute atomic E-state index is 0.144. The molecular formula is C27H37N3O4. The fraction of sp³-hybridized carbons (Fsp3) is 0.481. The first-order chi connectivity index (χ1) is 16.3. The average molecular weight is 468 g/mol. The molecule has 0 atom stereocenters. The Hall–Kier alpha value is -3.22. The van der Waals surface area contributed by atoms with Gasteiger partial charge in [-0.25, -0.2) is 9.59 Å². The standard InChI is InChI=1S/C27H37N3O4/c1-27(2,3)34-26(32)30-19-17-29(18-20-30)25(31)28-23-15-13-22(14-16-23)10-6-5-9-21-33-24-11-7-4-8-12-24/h4,7-8,11-16H,5-6,9-10,17-21H2,1-3H3,(H,28,31). The normalized spacial score (nSPS) is 14.0. The lowest BCUT2D eigenvalue weighted by atomic mass is 10.1. The van der Waals surface area contributed by atoms with Crippen LogP contribution in [0, 0.1) is 0 Å². The van der Waals surface area contributed by atoms with Crippen molar-refractivity contribution >= 4 is 17.8 Å². The van der Waals surface area contributed by atoms with Crippen LogP contribution in [-0.2, 0) is 11.2 Å². The third-order valence-electron chi connectivity index (χ3n) is 5.55. The van der Waals surface area contributed by atoms with Crippen LogP contribution in [0.5, 0.6) is 5.75 Å². The molecule has 0 aliphatic carbocycles. The summed E-state index contributed by atoms with van der Waals surface area (Å²) in [6.07, 6.45) is 3.93. The van der Waals surface area contributed by atoms with Gasteiger partial charge in [0, 0.05) is 31.9 Å². The molecule has 0 spiro atoms. The number of hydrogen-bond acceptors (Lipinski definition) is 4. The number of anilines is 1. The number of nitrogens with zero attached hydrogens (tertiary/aromatic N) is 2. The maximum Gasteiger partial charge on any atom is 0.410 e. The molecule has 7 heteroatoms.